The second kappa shape index (κ2) is 29.0. The average molecular weight is 698 g/mol. The summed E-state index contributed by atoms with van der Waals surface area (Å²) < 4.78 is 0. The first-order valence-corrected chi connectivity index (χ1v) is 11.0. The predicted octanol–water partition coefficient (Wildman–Crippen LogP) is -5.44. The Balaban J connectivity index is -0.000000209. The fraction of sp³-hybridized carbons (Fsp3) is 0.600. The maximum absolute atomic E-state index is 10.6. The van der Waals surface area contributed by atoms with Crippen LogP contribution in [0.3, 0.4) is 0 Å². The molecule has 0 aliphatic rings. The Hall–Kier alpha value is -1.78. The molecule has 43 heavy (non-hydrogen) atoms. The normalized spacial score (nSPS) is 9.95. The standard InChI is InChI=1S/2C10H16N2O8.2Na.Zn.2H/c2*13-7(14)3-11(4-8(15)16)1-2-12(5-9(17)18)6-10(19)20;;;;;/h2*1-6H2,(H,13,14)(H,15,16)(H,17,18)(H,19,20);;;;;. The van der Waals surface area contributed by atoms with Gasteiger partial charge in [-0.15, -0.1) is 0 Å². The van der Waals surface area contributed by atoms with Crippen LogP contribution in [0.2, 0.25) is 0 Å². The van der Waals surface area contributed by atoms with Crippen LogP contribution in [0.1, 0.15) is 0 Å². The van der Waals surface area contributed by atoms with Gasteiger partial charge in [-0.1, -0.05) is 0 Å². The van der Waals surface area contributed by atoms with Crippen molar-refractivity contribution in [3.63, 3.8) is 0 Å². The average Bonchev–Trinajstić information content (AvgIpc) is 2.72. The number of hydrogen-bond acceptors (Lipinski definition) is 12. The molecule has 0 aromatic carbocycles. The monoisotopic (exact) mass is 696 g/mol. The molecule has 0 atom stereocenters. The fourth-order valence-electron chi connectivity index (χ4n) is 2.95. The number of hydrogen-bond donors (Lipinski definition) is 8. The molecule has 8 N–H and O–H groups in total. The van der Waals surface area contributed by atoms with Crippen LogP contribution < -0.4 is 0 Å². The zero-order chi connectivity index (χ0) is 31.4. The minimum Gasteiger partial charge on any atom is 0 e. The predicted molar refractivity (Wildman–Crippen MR) is 141 cm³/mol. The van der Waals surface area contributed by atoms with Crippen molar-refractivity contribution in [3.05, 3.63) is 0 Å². The molecule has 0 aromatic rings. The van der Waals surface area contributed by atoms with Crippen LogP contribution in [0.5, 0.6) is 0 Å². The van der Waals surface area contributed by atoms with E-state index in [0.29, 0.717) is 0 Å². The van der Waals surface area contributed by atoms with E-state index in [1.165, 1.54) is 0 Å². The summed E-state index contributed by atoms with van der Waals surface area (Å²) in [7, 11) is 0. The Morgan fingerprint density at radius 3 is 0.465 bits per heavy atom. The molecule has 0 amide bonds. The molecule has 23 heteroatoms. The molecule has 0 bridgehead atoms. The molecular formula is C20H34N4Na2O16Zn. The van der Waals surface area contributed by atoms with Crippen molar-refractivity contribution in [1.82, 2.24) is 19.6 Å². The molecular weight excluding hydrogens is 664 g/mol. The van der Waals surface area contributed by atoms with Crippen LogP contribution in [-0.4, -0.2) is 246 Å². The number of carboxylic acid groups (broad SMARTS) is 8. The second-order valence-electron chi connectivity index (χ2n) is 7.99. The number of rotatable bonds is 22. The Kier molecular flexibility index (Phi) is 34.2. The van der Waals surface area contributed by atoms with Crippen molar-refractivity contribution >= 4 is 107 Å². The van der Waals surface area contributed by atoms with Crippen molar-refractivity contribution in [3.8, 4) is 0 Å². The van der Waals surface area contributed by atoms with Gasteiger partial charge in [-0.05, 0) is 0 Å². The van der Waals surface area contributed by atoms with Gasteiger partial charge < -0.3 is 40.9 Å². The summed E-state index contributed by atoms with van der Waals surface area (Å²) in [5, 5.41) is 68.9. The number of nitrogens with zero attached hydrogens (tertiary/aromatic N) is 4. The van der Waals surface area contributed by atoms with Crippen LogP contribution in [0.25, 0.3) is 0 Å². The van der Waals surface area contributed by atoms with Gasteiger partial charge in [0.2, 0.25) is 0 Å². The van der Waals surface area contributed by atoms with E-state index in [1.807, 2.05) is 0 Å². The molecule has 0 rings (SSSR count). The largest absolute Gasteiger partial charge is 0 e. The fourth-order valence-corrected chi connectivity index (χ4v) is 2.95. The van der Waals surface area contributed by atoms with Crippen LogP contribution >= 0.6 is 0 Å². The summed E-state index contributed by atoms with van der Waals surface area (Å²) in [5.41, 5.74) is 0. The maximum Gasteiger partial charge on any atom is 0 e. The van der Waals surface area contributed by atoms with Crippen molar-refractivity contribution < 1.29 is 98.7 Å². The van der Waals surface area contributed by atoms with Gasteiger partial charge in [-0.25, -0.2) is 0 Å². The van der Waals surface area contributed by atoms with Crippen LogP contribution in [0, 0.1) is 0 Å². The van der Waals surface area contributed by atoms with E-state index in [9.17, 15) is 38.4 Å². The molecule has 0 radical (unpaired) electrons. The Morgan fingerprint density at radius 2 is 0.395 bits per heavy atom. The van der Waals surface area contributed by atoms with Crippen molar-refractivity contribution in [2.75, 3.05) is 78.5 Å². The van der Waals surface area contributed by atoms with E-state index in [2.05, 4.69) is 0 Å². The molecule has 0 heterocycles. The Labute approximate surface area is 301 Å². The zero-order valence-electron chi connectivity index (χ0n) is 21.8. The van der Waals surface area contributed by atoms with Gasteiger partial charge in [-0.3, -0.25) is 58.0 Å². The van der Waals surface area contributed by atoms with Gasteiger partial charge in [0.1, 0.15) is 0 Å². The van der Waals surface area contributed by atoms with Gasteiger partial charge in [0, 0.05) is 45.7 Å². The van der Waals surface area contributed by atoms with Gasteiger partial charge >= 0.3 is 107 Å². The first-order chi connectivity index (χ1) is 18.4. The van der Waals surface area contributed by atoms with E-state index < -0.39 is 100 Å². The summed E-state index contributed by atoms with van der Waals surface area (Å²) in [6.07, 6.45) is 0. The number of carbonyl (C=O) groups is 8. The van der Waals surface area contributed by atoms with Crippen molar-refractivity contribution in [2.24, 2.45) is 0 Å². The van der Waals surface area contributed by atoms with E-state index >= 15 is 0 Å². The van der Waals surface area contributed by atoms with E-state index in [1.54, 1.807) is 0 Å². The van der Waals surface area contributed by atoms with E-state index in [4.69, 9.17) is 40.9 Å². The molecule has 0 unspecified atom stereocenters. The minimum absolute atomic E-state index is 0. The molecule has 0 spiro atoms. The van der Waals surface area contributed by atoms with Crippen molar-refractivity contribution in [1.29, 1.82) is 0 Å². The van der Waals surface area contributed by atoms with Gasteiger partial charge in [0.15, 0.2) is 0 Å². The molecule has 20 nitrogen and oxygen atoms in total. The quantitative estimate of drug-likeness (QED) is 0.0489. The molecule has 0 fully saturated rings. The summed E-state index contributed by atoms with van der Waals surface area (Å²) >= 11 is 0. The minimum atomic E-state index is -1.23. The van der Waals surface area contributed by atoms with Gasteiger partial charge in [0.05, 0.1) is 52.4 Å². The molecule has 234 valence electrons. The van der Waals surface area contributed by atoms with Crippen LogP contribution in [0.4, 0.5) is 0 Å². The Bertz CT molecular complexity index is 721. The topological polar surface area (TPSA) is 311 Å². The van der Waals surface area contributed by atoms with Gasteiger partial charge in [0.25, 0.3) is 0 Å². The first-order valence-electron chi connectivity index (χ1n) is 11.0. The second-order valence-corrected chi connectivity index (χ2v) is 7.99. The number of carboxylic acids is 8. The van der Waals surface area contributed by atoms with Crippen LogP contribution in [0.15, 0.2) is 0 Å². The SMILES string of the molecule is O=C(O)CN(CCN(CC(=O)O)CC(=O)O)CC(=O)O.O=C(O)CN(CCN(CC(=O)O)CC(=O)O)CC(=O)O.[NaH].[NaH].[Zn]. The van der Waals surface area contributed by atoms with Crippen molar-refractivity contribution in [2.45, 2.75) is 0 Å². The molecule has 0 saturated heterocycles. The third kappa shape index (κ3) is 36.3. The third-order valence-corrected chi connectivity index (χ3v) is 4.34. The zero-order valence-corrected chi connectivity index (χ0v) is 24.8. The third-order valence-electron chi connectivity index (χ3n) is 4.34. The van der Waals surface area contributed by atoms with E-state index in [0.717, 1.165) is 19.6 Å². The summed E-state index contributed by atoms with van der Waals surface area (Å²) in [5.74, 6) is -9.82. The maximum atomic E-state index is 10.6. The molecule has 0 saturated carbocycles. The molecule has 0 aliphatic carbocycles. The summed E-state index contributed by atoms with van der Waals surface area (Å²) in [6, 6.07) is 0. The van der Waals surface area contributed by atoms with Gasteiger partial charge in [-0.2, -0.15) is 0 Å². The first kappa shape index (κ1) is 50.8. The Morgan fingerprint density at radius 1 is 0.302 bits per heavy atom. The molecule has 0 aliphatic heterocycles. The number of aliphatic carboxylic acids is 8. The smallest absolute Gasteiger partial charge is 0 e. The van der Waals surface area contributed by atoms with E-state index in [-0.39, 0.29) is 105 Å². The van der Waals surface area contributed by atoms with Crippen LogP contribution in [-0.2, 0) is 57.8 Å². The molecule has 0 aromatic heterocycles. The summed E-state index contributed by atoms with van der Waals surface area (Å²) in [4.78, 5) is 88.7. The summed E-state index contributed by atoms with van der Waals surface area (Å²) in [6.45, 7) is -4.50.